The number of rotatable bonds is 5. The fourth-order valence-corrected chi connectivity index (χ4v) is 3.56. The van der Waals surface area contributed by atoms with Crippen molar-refractivity contribution in [2.45, 2.75) is 38.4 Å². The van der Waals surface area contributed by atoms with Gasteiger partial charge in [0, 0.05) is 42.5 Å². The molecule has 0 unspecified atom stereocenters. The van der Waals surface area contributed by atoms with Crippen LogP contribution in [0.3, 0.4) is 0 Å². The van der Waals surface area contributed by atoms with Crippen molar-refractivity contribution in [2.24, 2.45) is 7.05 Å². The molecule has 0 aliphatic rings. The van der Waals surface area contributed by atoms with Crippen molar-refractivity contribution < 1.29 is 18.0 Å². The van der Waals surface area contributed by atoms with Gasteiger partial charge in [0.25, 0.3) is 0 Å². The lowest BCUT2D eigenvalue weighted by Crippen LogP contribution is -2.31. The van der Waals surface area contributed by atoms with E-state index in [1.54, 1.807) is 6.07 Å². The summed E-state index contributed by atoms with van der Waals surface area (Å²) in [6.07, 6.45) is -2.45. The molecule has 0 aliphatic heterocycles. The Morgan fingerprint density at radius 1 is 1.11 bits per heavy atom. The molecule has 2 aromatic carbocycles. The molecule has 3 aromatic rings. The highest BCUT2D eigenvalue weighted by atomic mass is 19.4. The number of benzene rings is 2. The number of nitrogens with zero attached hydrogens (tertiary/aromatic N) is 1. The van der Waals surface area contributed by atoms with Gasteiger partial charge >= 0.3 is 6.18 Å². The van der Waals surface area contributed by atoms with Crippen LogP contribution in [0.1, 0.15) is 42.9 Å². The fraction of sp³-hybridized carbons (Fsp3) is 0.318. The van der Waals surface area contributed by atoms with E-state index in [-0.39, 0.29) is 18.4 Å². The minimum Gasteiger partial charge on any atom is -0.354 e. The van der Waals surface area contributed by atoms with Crippen LogP contribution in [-0.4, -0.2) is 16.5 Å². The van der Waals surface area contributed by atoms with Crippen LogP contribution in [0.2, 0.25) is 0 Å². The molecule has 0 spiro atoms. The normalized spacial score (nSPS) is 13.1. The van der Waals surface area contributed by atoms with Gasteiger partial charge in [0.15, 0.2) is 0 Å². The maximum Gasteiger partial charge on any atom is 0.416 e. The van der Waals surface area contributed by atoms with Gasteiger partial charge in [-0.1, -0.05) is 36.4 Å². The van der Waals surface area contributed by atoms with Crippen molar-refractivity contribution in [3.05, 3.63) is 71.4 Å². The van der Waals surface area contributed by atoms with Gasteiger partial charge in [-0.25, -0.2) is 0 Å². The number of aromatic nitrogens is 1. The summed E-state index contributed by atoms with van der Waals surface area (Å²) in [6, 6.07) is 12.9. The molecule has 1 aromatic heterocycles. The maximum atomic E-state index is 13.2. The number of amides is 1. The first kappa shape index (κ1) is 20.0. The lowest BCUT2D eigenvalue weighted by molar-refractivity contribution is -0.137. The monoisotopic (exact) mass is 388 g/mol. The summed E-state index contributed by atoms with van der Waals surface area (Å²) in [5.74, 6) is -0.669. The van der Waals surface area contributed by atoms with Crippen LogP contribution in [0.15, 0.2) is 54.7 Å². The molecule has 148 valence electrons. The molecule has 0 fully saturated rings. The van der Waals surface area contributed by atoms with Crippen LogP contribution in [0, 0.1) is 0 Å². The van der Waals surface area contributed by atoms with Crippen molar-refractivity contribution in [3.8, 4) is 0 Å². The zero-order valence-electron chi connectivity index (χ0n) is 16.0. The molecule has 6 heteroatoms. The first-order valence-corrected chi connectivity index (χ1v) is 9.17. The Kier molecular flexibility index (Phi) is 5.49. The van der Waals surface area contributed by atoms with E-state index in [1.807, 2.05) is 55.9 Å². The van der Waals surface area contributed by atoms with E-state index in [0.717, 1.165) is 28.6 Å². The first-order chi connectivity index (χ1) is 13.2. The van der Waals surface area contributed by atoms with E-state index in [9.17, 15) is 18.0 Å². The lowest BCUT2D eigenvalue weighted by atomic mass is 9.87. The summed E-state index contributed by atoms with van der Waals surface area (Å²) >= 11 is 0. The number of nitrogens with one attached hydrogen (secondary N) is 1. The molecular weight excluding hydrogens is 365 g/mol. The zero-order chi connectivity index (χ0) is 20.5. The Labute approximate surface area is 162 Å². The van der Waals surface area contributed by atoms with E-state index in [2.05, 4.69) is 5.32 Å². The van der Waals surface area contributed by atoms with E-state index in [0.29, 0.717) is 5.56 Å². The van der Waals surface area contributed by atoms with Gasteiger partial charge in [-0.2, -0.15) is 13.2 Å². The van der Waals surface area contributed by atoms with Crippen LogP contribution >= 0.6 is 0 Å². The van der Waals surface area contributed by atoms with E-state index in [4.69, 9.17) is 0 Å². The maximum absolute atomic E-state index is 13.2. The number of para-hydroxylation sites is 1. The number of hydrogen-bond donors (Lipinski definition) is 1. The highest BCUT2D eigenvalue weighted by Crippen LogP contribution is 2.37. The number of fused-ring (bicyclic) bond motifs is 1. The lowest BCUT2D eigenvalue weighted by Gasteiger charge is -2.19. The Hall–Kier alpha value is -2.76. The number of hydrogen-bond acceptors (Lipinski definition) is 1. The molecule has 1 N–H and O–H groups in total. The number of halogens is 3. The predicted octanol–water partition coefficient (Wildman–Crippen LogP) is 5.24. The molecule has 1 atom stereocenters. The molecule has 0 saturated heterocycles. The first-order valence-electron chi connectivity index (χ1n) is 9.17. The molecule has 3 rings (SSSR count). The Balaban J connectivity index is 2.11. The third kappa shape index (κ3) is 4.21. The Morgan fingerprint density at radius 2 is 1.82 bits per heavy atom. The second kappa shape index (κ2) is 7.70. The summed E-state index contributed by atoms with van der Waals surface area (Å²) < 4.78 is 41.7. The number of alkyl halides is 3. The average molecular weight is 388 g/mol. The SMILES string of the molecule is CC(C)NC(=O)C[C@@H](c1cccc(C(F)(F)F)c1)c1cn(C)c2ccccc12. The van der Waals surface area contributed by atoms with Crippen molar-refractivity contribution in [1.82, 2.24) is 9.88 Å². The van der Waals surface area contributed by atoms with E-state index >= 15 is 0 Å². The molecule has 0 aliphatic carbocycles. The summed E-state index contributed by atoms with van der Waals surface area (Å²) in [6.45, 7) is 3.71. The number of carbonyl (C=O) groups excluding carboxylic acids is 1. The molecular formula is C22H23F3N2O. The summed E-state index contributed by atoms with van der Waals surface area (Å²) in [7, 11) is 1.89. The van der Waals surface area contributed by atoms with Crippen LogP contribution in [-0.2, 0) is 18.0 Å². The van der Waals surface area contributed by atoms with Crippen molar-refractivity contribution in [2.75, 3.05) is 0 Å². The summed E-state index contributed by atoms with van der Waals surface area (Å²) in [4.78, 5) is 12.5. The van der Waals surface area contributed by atoms with Gasteiger partial charge < -0.3 is 9.88 Å². The molecule has 0 bridgehead atoms. The second-order valence-corrected chi connectivity index (χ2v) is 7.31. The molecule has 3 nitrogen and oxygen atoms in total. The minimum atomic E-state index is -4.43. The number of aryl methyl sites for hydroxylation is 1. The smallest absolute Gasteiger partial charge is 0.354 e. The topological polar surface area (TPSA) is 34.0 Å². The standard InChI is InChI=1S/C22H23F3N2O/c1-14(2)26-21(28)12-18(15-7-6-8-16(11-15)22(23,24)25)19-13-27(3)20-10-5-4-9-17(19)20/h4-11,13-14,18H,12H2,1-3H3,(H,26,28)/t18-/m0/s1. The van der Waals surface area contributed by atoms with Crippen LogP contribution in [0.5, 0.6) is 0 Å². The Bertz CT molecular complexity index is 989. The fourth-order valence-electron chi connectivity index (χ4n) is 3.56. The molecule has 1 amide bonds. The summed E-state index contributed by atoms with van der Waals surface area (Å²) in [5, 5.41) is 3.78. The zero-order valence-corrected chi connectivity index (χ0v) is 16.0. The van der Waals surface area contributed by atoms with Gasteiger partial charge in [-0.3, -0.25) is 4.79 Å². The van der Waals surface area contributed by atoms with Crippen LogP contribution in [0.4, 0.5) is 13.2 Å². The minimum absolute atomic E-state index is 0.0397. The van der Waals surface area contributed by atoms with Gasteiger partial charge in [0.05, 0.1) is 5.56 Å². The predicted molar refractivity (Wildman–Crippen MR) is 104 cm³/mol. The van der Waals surface area contributed by atoms with Gasteiger partial charge in [-0.15, -0.1) is 0 Å². The van der Waals surface area contributed by atoms with Crippen molar-refractivity contribution in [1.29, 1.82) is 0 Å². The molecule has 0 saturated carbocycles. The number of carbonyl (C=O) groups is 1. The molecule has 28 heavy (non-hydrogen) atoms. The van der Waals surface area contributed by atoms with E-state index < -0.39 is 17.7 Å². The Morgan fingerprint density at radius 3 is 2.50 bits per heavy atom. The largest absolute Gasteiger partial charge is 0.416 e. The highest BCUT2D eigenvalue weighted by molar-refractivity contribution is 5.86. The molecule has 1 heterocycles. The van der Waals surface area contributed by atoms with Gasteiger partial charge in [0.2, 0.25) is 5.91 Å². The van der Waals surface area contributed by atoms with Crippen molar-refractivity contribution in [3.63, 3.8) is 0 Å². The van der Waals surface area contributed by atoms with Crippen LogP contribution in [0.25, 0.3) is 10.9 Å². The van der Waals surface area contributed by atoms with E-state index in [1.165, 1.54) is 6.07 Å². The van der Waals surface area contributed by atoms with Gasteiger partial charge in [0.1, 0.15) is 0 Å². The summed E-state index contributed by atoms with van der Waals surface area (Å²) in [5.41, 5.74) is 1.58. The quantitative estimate of drug-likeness (QED) is 0.637. The highest BCUT2D eigenvalue weighted by Gasteiger charge is 2.32. The van der Waals surface area contributed by atoms with Gasteiger partial charge in [-0.05, 0) is 37.1 Å². The third-order valence-electron chi connectivity index (χ3n) is 4.76. The molecule has 0 radical (unpaired) electrons. The second-order valence-electron chi connectivity index (χ2n) is 7.31. The third-order valence-corrected chi connectivity index (χ3v) is 4.76. The van der Waals surface area contributed by atoms with Crippen LogP contribution < -0.4 is 5.32 Å². The van der Waals surface area contributed by atoms with Crippen molar-refractivity contribution >= 4 is 16.8 Å². The average Bonchev–Trinajstić information content (AvgIpc) is 2.95.